The molecule has 0 fully saturated rings. The van der Waals surface area contributed by atoms with Crippen molar-refractivity contribution in [2.24, 2.45) is 0 Å². The van der Waals surface area contributed by atoms with Crippen LogP contribution >= 0.6 is 15.9 Å². The Morgan fingerprint density at radius 2 is 2.11 bits per heavy atom. The Hall–Kier alpha value is -1.42. The molecule has 0 spiro atoms. The first-order valence-electron chi connectivity index (χ1n) is 5.81. The summed E-state index contributed by atoms with van der Waals surface area (Å²) in [6, 6.07) is 9.60. The molecule has 4 heteroatoms. The summed E-state index contributed by atoms with van der Waals surface area (Å²) in [6.07, 6.45) is 0. The fraction of sp³-hybridized carbons (Fsp3) is 0.286. The molecule has 1 aromatic carbocycles. The molecule has 0 atom stereocenters. The molecular weight excluding hydrogens is 292 g/mol. The molecule has 0 radical (unpaired) electrons. The molecule has 0 aliphatic carbocycles. The number of hydrogen-bond donors (Lipinski definition) is 0. The number of alkyl halides is 1. The maximum Gasteiger partial charge on any atom is 0.254 e. The van der Waals surface area contributed by atoms with Crippen molar-refractivity contribution in [2.45, 2.75) is 6.92 Å². The second-order valence-corrected chi connectivity index (χ2v) is 5.04. The Bertz CT molecular complexity index is 583. The molecule has 2 aromatic rings. The number of halogens is 1. The molecule has 0 saturated carbocycles. The summed E-state index contributed by atoms with van der Waals surface area (Å²) in [5.41, 5.74) is 2.46. The van der Waals surface area contributed by atoms with Crippen molar-refractivity contribution in [3.8, 4) is 0 Å². The lowest BCUT2D eigenvalue weighted by molar-refractivity contribution is 0.0806. The van der Waals surface area contributed by atoms with Gasteiger partial charge in [0.15, 0.2) is 0 Å². The van der Waals surface area contributed by atoms with Gasteiger partial charge in [-0.1, -0.05) is 34.1 Å². The van der Waals surface area contributed by atoms with E-state index in [2.05, 4.69) is 20.9 Å². The summed E-state index contributed by atoms with van der Waals surface area (Å²) in [5, 5.41) is 1.69. The number of benzene rings is 1. The first kappa shape index (κ1) is 13.0. The van der Waals surface area contributed by atoms with Crippen LogP contribution < -0.4 is 0 Å². The monoisotopic (exact) mass is 306 g/mol. The van der Waals surface area contributed by atoms with Crippen LogP contribution in [0.25, 0.3) is 10.9 Å². The Balaban J connectivity index is 2.53. The highest BCUT2D eigenvalue weighted by atomic mass is 79.9. The van der Waals surface area contributed by atoms with E-state index in [0.717, 1.165) is 27.5 Å². The predicted molar refractivity (Wildman–Crippen MR) is 77.2 cm³/mol. The average Bonchev–Trinajstić information content (AvgIpc) is 2.37. The topological polar surface area (TPSA) is 33.2 Å². The molecule has 94 valence electrons. The summed E-state index contributed by atoms with van der Waals surface area (Å²) in [5.74, 6) is 0.0381. The predicted octanol–water partition coefficient (Wildman–Crippen LogP) is 3.01. The Labute approximate surface area is 115 Å². The lowest BCUT2D eigenvalue weighted by Gasteiger charge is -2.17. The van der Waals surface area contributed by atoms with Crippen molar-refractivity contribution in [1.82, 2.24) is 9.88 Å². The van der Waals surface area contributed by atoms with Gasteiger partial charge in [0.2, 0.25) is 0 Å². The zero-order valence-electron chi connectivity index (χ0n) is 10.5. The van der Waals surface area contributed by atoms with E-state index in [1.165, 1.54) is 0 Å². The van der Waals surface area contributed by atoms with Crippen molar-refractivity contribution in [3.63, 3.8) is 0 Å². The van der Waals surface area contributed by atoms with E-state index in [9.17, 15) is 4.79 Å². The zero-order valence-corrected chi connectivity index (χ0v) is 12.1. The third kappa shape index (κ3) is 2.53. The van der Waals surface area contributed by atoms with Gasteiger partial charge in [-0.15, -0.1) is 0 Å². The molecule has 0 bridgehead atoms. The van der Waals surface area contributed by atoms with Gasteiger partial charge in [-0.3, -0.25) is 9.78 Å². The Morgan fingerprint density at radius 1 is 1.39 bits per heavy atom. The highest BCUT2D eigenvalue weighted by molar-refractivity contribution is 9.09. The van der Waals surface area contributed by atoms with Crippen LogP contribution in [0, 0.1) is 6.92 Å². The second-order valence-electron chi connectivity index (χ2n) is 4.24. The van der Waals surface area contributed by atoms with Crippen molar-refractivity contribution in [3.05, 3.63) is 41.6 Å². The van der Waals surface area contributed by atoms with Gasteiger partial charge in [-0.2, -0.15) is 0 Å². The molecule has 1 heterocycles. The molecule has 0 aliphatic heterocycles. The summed E-state index contributed by atoms with van der Waals surface area (Å²) in [4.78, 5) is 18.5. The SMILES string of the molecule is Cc1cc(C(=O)N(C)CCBr)c2ccccc2n1. The first-order valence-corrected chi connectivity index (χ1v) is 6.93. The minimum atomic E-state index is 0.0381. The number of aryl methyl sites for hydroxylation is 1. The smallest absolute Gasteiger partial charge is 0.254 e. The number of fused-ring (bicyclic) bond motifs is 1. The molecule has 18 heavy (non-hydrogen) atoms. The quantitative estimate of drug-likeness (QED) is 0.817. The average molecular weight is 307 g/mol. The van der Waals surface area contributed by atoms with Crippen LogP contribution in [0.5, 0.6) is 0 Å². The van der Waals surface area contributed by atoms with Gasteiger partial charge in [0.1, 0.15) is 0 Å². The normalized spacial score (nSPS) is 10.6. The molecule has 0 saturated heterocycles. The Morgan fingerprint density at radius 3 is 2.83 bits per heavy atom. The van der Waals surface area contributed by atoms with E-state index < -0.39 is 0 Å². The van der Waals surface area contributed by atoms with Crippen LogP contribution in [0.15, 0.2) is 30.3 Å². The van der Waals surface area contributed by atoms with Gasteiger partial charge in [-0.05, 0) is 19.1 Å². The highest BCUT2D eigenvalue weighted by Gasteiger charge is 2.15. The van der Waals surface area contributed by atoms with Crippen LogP contribution in [0.4, 0.5) is 0 Å². The van der Waals surface area contributed by atoms with E-state index in [4.69, 9.17) is 0 Å². The van der Waals surface area contributed by atoms with E-state index in [1.807, 2.05) is 44.3 Å². The lowest BCUT2D eigenvalue weighted by Crippen LogP contribution is -2.28. The van der Waals surface area contributed by atoms with Gasteiger partial charge >= 0.3 is 0 Å². The molecule has 0 unspecified atom stereocenters. The minimum Gasteiger partial charge on any atom is -0.341 e. The maximum absolute atomic E-state index is 12.4. The summed E-state index contributed by atoms with van der Waals surface area (Å²) >= 11 is 3.35. The standard InChI is InChI=1S/C14H15BrN2O/c1-10-9-12(14(18)17(2)8-7-15)11-5-3-4-6-13(11)16-10/h3-6,9H,7-8H2,1-2H3. The van der Waals surface area contributed by atoms with E-state index >= 15 is 0 Å². The summed E-state index contributed by atoms with van der Waals surface area (Å²) in [7, 11) is 1.81. The van der Waals surface area contributed by atoms with Gasteiger partial charge < -0.3 is 4.90 Å². The third-order valence-corrected chi connectivity index (χ3v) is 3.20. The maximum atomic E-state index is 12.4. The number of nitrogens with zero attached hydrogens (tertiary/aromatic N) is 2. The van der Waals surface area contributed by atoms with Gasteiger partial charge in [0.05, 0.1) is 11.1 Å². The van der Waals surface area contributed by atoms with Crippen molar-refractivity contribution in [1.29, 1.82) is 0 Å². The van der Waals surface area contributed by atoms with Crippen LogP contribution in [-0.2, 0) is 0 Å². The van der Waals surface area contributed by atoms with E-state index in [1.54, 1.807) is 4.90 Å². The molecule has 1 aromatic heterocycles. The number of pyridine rings is 1. The number of amides is 1. The largest absolute Gasteiger partial charge is 0.341 e. The number of hydrogen-bond acceptors (Lipinski definition) is 2. The van der Waals surface area contributed by atoms with Crippen molar-refractivity contribution < 1.29 is 4.79 Å². The van der Waals surface area contributed by atoms with Gasteiger partial charge in [0.25, 0.3) is 5.91 Å². The second kappa shape index (κ2) is 5.48. The number of carbonyl (C=O) groups excluding carboxylic acids is 1. The number of rotatable bonds is 3. The number of aromatic nitrogens is 1. The van der Waals surface area contributed by atoms with Crippen molar-refractivity contribution >= 4 is 32.7 Å². The molecule has 0 aliphatic rings. The molecule has 0 N–H and O–H groups in total. The molecule has 1 amide bonds. The van der Waals surface area contributed by atoms with E-state index in [0.29, 0.717) is 6.54 Å². The number of para-hydroxylation sites is 1. The lowest BCUT2D eigenvalue weighted by atomic mass is 10.1. The van der Waals surface area contributed by atoms with Crippen LogP contribution in [0.1, 0.15) is 16.1 Å². The molecular formula is C14H15BrN2O. The summed E-state index contributed by atoms with van der Waals surface area (Å²) in [6.45, 7) is 2.60. The first-order chi connectivity index (χ1) is 8.63. The van der Waals surface area contributed by atoms with Crippen LogP contribution in [0.3, 0.4) is 0 Å². The van der Waals surface area contributed by atoms with Crippen LogP contribution in [0.2, 0.25) is 0 Å². The fourth-order valence-corrected chi connectivity index (χ4v) is 2.45. The fourth-order valence-electron chi connectivity index (χ4n) is 1.92. The van der Waals surface area contributed by atoms with Crippen molar-refractivity contribution in [2.75, 3.05) is 18.9 Å². The highest BCUT2D eigenvalue weighted by Crippen LogP contribution is 2.19. The van der Waals surface area contributed by atoms with E-state index in [-0.39, 0.29) is 5.91 Å². The van der Waals surface area contributed by atoms with Gasteiger partial charge in [-0.25, -0.2) is 0 Å². The van der Waals surface area contributed by atoms with Crippen LogP contribution in [-0.4, -0.2) is 34.7 Å². The third-order valence-electron chi connectivity index (χ3n) is 2.84. The number of carbonyl (C=O) groups is 1. The van der Waals surface area contributed by atoms with Gasteiger partial charge in [0, 0.05) is 30.0 Å². The molecule has 3 nitrogen and oxygen atoms in total. The summed E-state index contributed by atoms with van der Waals surface area (Å²) < 4.78 is 0. The minimum absolute atomic E-state index is 0.0381. The molecule has 2 rings (SSSR count). The Kier molecular flexibility index (Phi) is 3.97. The zero-order chi connectivity index (χ0) is 13.1.